The summed E-state index contributed by atoms with van der Waals surface area (Å²) in [6, 6.07) is 10.5. The molecule has 0 heterocycles. The molecule has 3 nitrogen and oxygen atoms in total. The van der Waals surface area contributed by atoms with E-state index in [-0.39, 0.29) is 6.61 Å². The van der Waals surface area contributed by atoms with Crippen molar-refractivity contribution >= 4 is 28.9 Å². The number of methoxy groups -OCH3 is 1. The topological polar surface area (TPSA) is 44.5 Å². The van der Waals surface area contributed by atoms with Gasteiger partial charge in [0.15, 0.2) is 11.5 Å². The van der Waals surface area contributed by atoms with Crippen LogP contribution in [0.2, 0.25) is 10.0 Å². The molecular formula is C14H13Cl2NO2. The maximum atomic E-state index is 6.08. The largest absolute Gasteiger partial charge is 0.493 e. The summed E-state index contributed by atoms with van der Waals surface area (Å²) in [6.07, 6.45) is 0. The van der Waals surface area contributed by atoms with E-state index < -0.39 is 0 Å². The second-order valence-corrected chi connectivity index (χ2v) is 4.71. The number of rotatable bonds is 4. The van der Waals surface area contributed by atoms with Gasteiger partial charge in [0, 0.05) is 27.4 Å². The summed E-state index contributed by atoms with van der Waals surface area (Å²) in [5, 5.41) is 1.13. The van der Waals surface area contributed by atoms with E-state index in [1.165, 1.54) is 0 Å². The minimum Gasteiger partial charge on any atom is -0.493 e. The summed E-state index contributed by atoms with van der Waals surface area (Å²) in [5.41, 5.74) is 7.05. The lowest BCUT2D eigenvalue weighted by Gasteiger charge is -2.12. The van der Waals surface area contributed by atoms with Crippen molar-refractivity contribution in [1.29, 1.82) is 0 Å². The number of halogens is 2. The lowest BCUT2D eigenvalue weighted by Crippen LogP contribution is -2.00. The molecule has 5 heteroatoms. The fourth-order valence-corrected chi connectivity index (χ4v) is 2.13. The molecule has 0 saturated carbocycles. The first-order valence-corrected chi connectivity index (χ1v) is 6.36. The number of ether oxygens (including phenoxy) is 2. The van der Waals surface area contributed by atoms with Crippen LogP contribution in [-0.4, -0.2) is 7.11 Å². The van der Waals surface area contributed by atoms with Crippen LogP contribution in [0.5, 0.6) is 11.5 Å². The van der Waals surface area contributed by atoms with Crippen molar-refractivity contribution in [2.75, 3.05) is 12.8 Å². The minimum atomic E-state index is 0.248. The summed E-state index contributed by atoms with van der Waals surface area (Å²) in [6.45, 7) is 0.248. The third-order valence-electron chi connectivity index (χ3n) is 2.62. The molecule has 2 N–H and O–H groups in total. The molecule has 19 heavy (non-hydrogen) atoms. The van der Waals surface area contributed by atoms with Crippen molar-refractivity contribution in [2.24, 2.45) is 0 Å². The lowest BCUT2D eigenvalue weighted by atomic mass is 10.2. The van der Waals surface area contributed by atoms with Crippen LogP contribution in [0.1, 0.15) is 5.56 Å². The first-order valence-electron chi connectivity index (χ1n) is 5.61. The Bertz CT molecular complexity index is 567. The number of nitrogen functional groups attached to an aromatic ring is 1. The normalized spacial score (nSPS) is 10.3. The van der Waals surface area contributed by atoms with Crippen LogP contribution in [0.25, 0.3) is 0 Å². The fraction of sp³-hybridized carbons (Fsp3) is 0.143. The standard InChI is InChI=1S/C14H13Cl2NO2/c1-18-13-6-5-9(17)7-14(13)19-8-10-11(15)3-2-4-12(10)16/h2-7H,8,17H2,1H3. The highest BCUT2D eigenvalue weighted by Gasteiger charge is 2.09. The zero-order valence-electron chi connectivity index (χ0n) is 10.3. The van der Waals surface area contributed by atoms with Gasteiger partial charge >= 0.3 is 0 Å². The van der Waals surface area contributed by atoms with Crippen LogP contribution in [0.15, 0.2) is 36.4 Å². The molecule has 0 fully saturated rings. The van der Waals surface area contributed by atoms with Gasteiger partial charge in [-0.05, 0) is 24.3 Å². The van der Waals surface area contributed by atoms with Crippen LogP contribution >= 0.6 is 23.2 Å². The second kappa shape index (κ2) is 6.04. The summed E-state index contributed by atoms with van der Waals surface area (Å²) in [5.74, 6) is 1.16. The number of nitrogens with two attached hydrogens (primary N) is 1. The van der Waals surface area contributed by atoms with E-state index in [0.717, 1.165) is 5.56 Å². The molecule has 0 aliphatic rings. The van der Waals surface area contributed by atoms with E-state index in [0.29, 0.717) is 27.2 Å². The average molecular weight is 298 g/mol. The predicted molar refractivity (Wildman–Crippen MR) is 78.2 cm³/mol. The lowest BCUT2D eigenvalue weighted by molar-refractivity contribution is 0.285. The van der Waals surface area contributed by atoms with Gasteiger partial charge in [-0.25, -0.2) is 0 Å². The van der Waals surface area contributed by atoms with Crippen LogP contribution < -0.4 is 15.2 Å². The van der Waals surface area contributed by atoms with Gasteiger partial charge in [-0.15, -0.1) is 0 Å². The highest BCUT2D eigenvalue weighted by molar-refractivity contribution is 6.35. The smallest absolute Gasteiger partial charge is 0.163 e. The summed E-state index contributed by atoms with van der Waals surface area (Å²) < 4.78 is 10.9. The van der Waals surface area contributed by atoms with Gasteiger partial charge < -0.3 is 15.2 Å². The highest BCUT2D eigenvalue weighted by atomic mass is 35.5. The van der Waals surface area contributed by atoms with Crippen molar-refractivity contribution in [1.82, 2.24) is 0 Å². The third kappa shape index (κ3) is 3.25. The molecule has 2 aromatic carbocycles. The van der Waals surface area contributed by atoms with Crippen molar-refractivity contribution in [3.8, 4) is 11.5 Å². The predicted octanol–water partition coefficient (Wildman–Crippen LogP) is 4.16. The van der Waals surface area contributed by atoms with E-state index in [4.69, 9.17) is 38.4 Å². The molecule has 0 bridgehead atoms. The zero-order chi connectivity index (χ0) is 13.8. The minimum absolute atomic E-state index is 0.248. The van der Waals surface area contributed by atoms with Crippen molar-refractivity contribution in [3.05, 3.63) is 52.0 Å². The first-order chi connectivity index (χ1) is 9.11. The Labute approximate surface area is 121 Å². The Kier molecular flexibility index (Phi) is 4.40. The molecule has 0 aromatic heterocycles. The van der Waals surface area contributed by atoms with Crippen LogP contribution in [0.4, 0.5) is 5.69 Å². The van der Waals surface area contributed by atoms with Gasteiger partial charge in [-0.3, -0.25) is 0 Å². The van der Waals surface area contributed by atoms with Crippen LogP contribution in [-0.2, 0) is 6.61 Å². The van der Waals surface area contributed by atoms with Crippen molar-refractivity contribution in [3.63, 3.8) is 0 Å². The van der Waals surface area contributed by atoms with Crippen LogP contribution in [0, 0.1) is 0 Å². The molecule has 100 valence electrons. The van der Waals surface area contributed by atoms with Crippen molar-refractivity contribution < 1.29 is 9.47 Å². The van der Waals surface area contributed by atoms with E-state index in [2.05, 4.69) is 0 Å². The first kappa shape index (κ1) is 13.8. The molecule has 0 aliphatic carbocycles. The maximum Gasteiger partial charge on any atom is 0.163 e. The van der Waals surface area contributed by atoms with Gasteiger partial charge in [0.1, 0.15) is 6.61 Å². The average Bonchev–Trinajstić information content (AvgIpc) is 2.38. The van der Waals surface area contributed by atoms with Gasteiger partial charge in [-0.1, -0.05) is 29.3 Å². The van der Waals surface area contributed by atoms with E-state index in [9.17, 15) is 0 Å². The Balaban J connectivity index is 2.21. The molecule has 0 atom stereocenters. The number of benzene rings is 2. The molecular weight excluding hydrogens is 285 g/mol. The molecule has 2 rings (SSSR count). The Hall–Kier alpha value is -1.58. The number of hydrogen-bond acceptors (Lipinski definition) is 3. The molecule has 2 aromatic rings. The molecule has 0 radical (unpaired) electrons. The van der Waals surface area contributed by atoms with Gasteiger partial charge in [0.2, 0.25) is 0 Å². The molecule has 0 unspecified atom stereocenters. The zero-order valence-corrected chi connectivity index (χ0v) is 11.8. The molecule has 0 amide bonds. The summed E-state index contributed by atoms with van der Waals surface area (Å²) >= 11 is 12.2. The van der Waals surface area contributed by atoms with Gasteiger partial charge in [0.25, 0.3) is 0 Å². The monoisotopic (exact) mass is 297 g/mol. The molecule has 0 saturated heterocycles. The molecule has 0 aliphatic heterocycles. The molecule has 0 spiro atoms. The van der Waals surface area contributed by atoms with E-state index >= 15 is 0 Å². The Morgan fingerprint density at radius 1 is 1.05 bits per heavy atom. The second-order valence-electron chi connectivity index (χ2n) is 3.90. The van der Waals surface area contributed by atoms with E-state index in [1.807, 2.05) is 0 Å². The van der Waals surface area contributed by atoms with Gasteiger partial charge in [-0.2, -0.15) is 0 Å². The van der Waals surface area contributed by atoms with Gasteiger partial charge in [0.05, 0.1) is 7.11 Å². The third-order valence-corrected chi connectivity index (χ3v) is 3.33. The summed E-state index contributed by atoms with van der Waals surface area (Å²) in [4.78, 5) is 0. The Morgan fingerprint density at radius 3 is 2.37 bits per heavy atom. The quantitative estimate of drug-likeness (QED) is 0.862. The van der Waals surface area contributed by atoms with E-state index in [1.54, 1.807) is 43.5 Å². The number of hydrogen-bond donors (Lipinski definition) is 1. The number of anilines is 1. The highest BCUT2D eigenvalue weighted by Crippen LogP contribution is 2.31. The fourth-order valence-electron chi connectivity index (χ4n) is 1.63. The SMILES string of the molecule is COc1ccc(N)cc1OCc1c(Cl)cccc1Cl. The Morgan fingerprint density at radius 2 is 1.74 bits per heavy atom. The van der Waals surface area contributed by atoms with Crippen molar-refractivity contribution in [2.45, 2.75) is 6.61 Å². The summed E-state index contributed by atoms with van der Waals surface area (Å²) in [7, 11) is 1.57. The van der Waals surface area contributed by atoms with Crippen LogP contribution in [0.3, 0.4) is 0 Å². The maximum absolute atomic E-state index is 6.08.